The second-order valence-electron chi connectivity index (χ2n) is 4.39. The van der Waals surface area contributed by atoms with Gasteiger partial charge in [0.15, 0.2) is 0 Å². The number of hydrogen-bond acceptors (Lipinski definition) is 2. The summed E-state index contributed by atoms with van der Waals surface area (Å²) in [6.07, 6.45) is 0. The SMILES string of the molecule is CC(C)N1C(=O)C(Cl)=C(c2ccc(Cl)cc2Cl)C1=O. The third-order valence-electron chi connectivity index (χ3n) is 2.78. The van der Waals surface area contributed by atoms with Crippen LogP contribution in [0, 0.1) is 0 Å². The fourth-order valence-electron chi connectivity index (χ4n) is 1.91. The van der Waals surface area contributed by atoms with Gasteiger partial charge in [-0.25, -0.2) is 0 Å². The van der Waals surface area contributed by atoms with Crippen LogP contribution in [-0.2, 0) is 9.59 Å². The van der Waals surface area contributed by atoms with E-state index in [1.54, 1.807) is 26.0 Å². The van der Waals surface area contributed by atoms with Crippen molar-refractivity contribution >= 4 is 52.2 Å². The maximum absolute atomic E-state index is 12.3. The summed E-state index contributed by atoms with van der Waals surface area (Å²) in [6.45, 7) is 3.48. The molecule has 0 radical (unpaired) electrons. The van der Waals surface area contributed by atoms with Crippen LogP contribution in [0.3, 0.4) is 0 Å². The Morgan fingerprint density at radius 1 is 1.05 bits per heavy atom. The maximum atomic E-state index is 12.3. The number of carbonyl (C=O) groups is 2. The topological polar surface area (TPSA) is 37.4 Å². The maximum Gasteiger partial charge on any atom is 0.273 e. The molecule has 0 spiro atoms. The lowest BCUT2D eigenvalue weighted by Crippen LogP contribution is -2.37. The summed E-state index contributed by atoms with van der Waals surface area (Å²) in [5.74, 6) is -0.933. The lowest BCUT2D eigenvalue weighted by Gasteiger charge is -2.18. The van der Waals surface area contributed by atoms with Gasteiger partial charge in [0, 0.05) is 16.6 Å². The van der Waals surface area contributed by atoms with Crippen LogP contribution in [0.25, 0.3) is 5.57 Å². The van der Waals surface area contributed by atoms with E-state index in [4.69, 9.17) is 34.8 Å². The summed E-state index contributed by atoms with van der Waals surface area (Å²) in [5, 5.41) is 0.623. The molecule has 1 aliphatic rings. The van der Waals surface area contributed by atoms with E-state index in [1.165, 1.54) is 6.07 Å². The molecule has 0 unspecified atom stereocenters. The van der Waals surface area contributed by atoms with Gasteiger partial charge < -0.3 is 0 Å². The molecule has 0 saturated heterocycles. The summed E-state index contributed by atoms with van der Waals surface area (Å²) in [6, 6.07) is 4.41. The fraction of sp³-hybridized carbons (Fsp3) is 0.231. The highest BCUT2D eigenvalue weighted by molar-refractivity contribution is 6.55. The molecule has 0 aromatic heterocycles. The molecule has 1 aromatic carbocycles. The first kappa shape index (κ1) is 14.4. The number of amides is 2. The molecular formula is C13H10Cl3NO2. The van der Waals surface area contributed by atoms with Crippen molar-refractivity contribution in [3.8, 4) is 0 Å². The van der Waals surface area contributed by atoms with Crippen molar-refractivity contribution in [2.45, 2.75) is 19.9 Å². The first-order valence-corrected chi connectivity index (χ1v) is 6.71. The molecule has 100 valence electrons. The van der Waals surface area contributed by atoms with Gasteiger partial charge in [-0.15, -0.1) is 0 Å². The molecule has 1 aromatic rings. The van der Waals surface area contributed by atoms with Crippen molar-refractivity contribution in [3.63, 3.8) is 0 Å². The Balaban J connectivity index is 2.56. The van der Waals surface area contributed by atoms with Crippen LogP contribution >= 0.6 is 34.8 Å². The Bertz CT molecular complexity index is 608. The minimum Gasteiger partial charge on any atom is -0.271 e. The highest BCUT2D eigenvalue weighted by Gasteiger charge is 2.40. The zero-order valence-electron chi connectivity index (χ0n) is 10.2. The van der Waals surface area contributed by atoms with Crippen LogP contribution in [0.2, 0.25) is 10.0 Å². The van der Waals surface area contributed by atoms with Crippen molar-refractivity contribution in [2.75, 3.05) is 0 Å². The molecule has 0 aliphatic carbocycles. The summed E-state index contributed by atoms with van der Waals surface area (Å²) in [5.41, 5.74) is 0.541. The molecule has 0 N–H and O–H groups in total. The third-order valence-corrected chi connectivity index (χ3v) is 3.67. The highest BCUT2D eigenvalue weighted by atomic mass is 35.5. The second-order valence-corrected chi connectivity index (χ2v) is 5.61. The smallest absolute Gasteiger partial charge is 0.271 e. The summed E-state index contributed by atoms with van der Waals surface area (Å²) in [7, 11) is 0. The molecule has 2 rings (SSSR count). The minimum absolute atomic E-state index is 0.108. The molecule has 1 heterocycles. The van der Waals surface area contributed by atoms with Crippen LogP contribution in [0.5, 0.6) is 0 Å². The lowest BCUT2D eigenvalue weighted by atomic mass is 10.1. The van der Waals surface area contributed by atoms with E-state index in [1.807, 2.05) is 0 Å². The van der Waals surface area contributed by atoms with Crippen LogP contribution < -0.4 is 0 Å². The van der Waals surface area contributed by atoms with Crippen molar-refractivity contribution in [1.82, 2.24) is 4.90 Å². The zero-order valence-corrected chi connectivity index (χ0v) is 12.5. The van der Waals surface area contributed by atoms with Gasteiger partial charge in [-0.05, 0) is 26.0 Å². The van der Waals surface area contributed by atoms with Gasteiger partial charge in [0.05, 0.1) is 10.6 Å². The van der Waals surface area contributed by atoms with E-state index in [0.717, 1.165) is 4.90 Å². The van der Waals surface area contributed by atoms with Crippen LogP contribution in [-0.4, -0.2) is 22.8 Å². The van der Waals surface area contributed by atoms with E-state index >= 15 is 0 Å². The number of carbonyl (C=O) groups excluding carboxylic acids is 2. The van der Waals surface area contributed by atoms with Crippen LogP contribution in [0.4, 0.5) is 0 Å². The van der Waals surface area contributed by atoms with Crippen molar-refractivity contribution < 1.29 is 9.59 Å². The molecule has 3 nitrogen and oxygen atoms in total. The van der Waals surface area contributed by atoms with E-state index in [2.05, 4.69) is 0 Å². The van der Waals surface area contributed by atoms with Crippen LogP contribution in [0.15, 0.2) is 23.2 Å². The monoisotopic (exact) mass is 317 g/mol. The number of imide groups is 1. The Kier molecular flexibility index (Phi) is 3.90. The van der Waals surface area contributed by atoms with E-state index in [0.29, 0.717) is 10.6 Å². The molecule has 0 atom stereocenters. The van der Waals surface area contributed by atoms with Gasteiger partial charge in [0.2, 0.25) is 0 Å². The summed E-state index contributed by atoms with van der Waals surface area (Å²) in [4.78, 5) is 25.4. The van der Waals surface area contributed by atoms with Crippen molar-refractivity contribution in [3.05, 3.63) is 38.8 Å². The van der Waals surface area contributed by atoms with Gasteiger partial charge in [-0.1, -0.05) is 40.9 Å². The molecular weight excluding hydrogens is 309 g/mol. The van der Waals surface area contributed by atoms with Gasteiger partial charge in [0.25, 0.3) is 11.8 Å². The molecule has 0 fully saturated rings. The predicted molar refractivity (Wildman–Crippen MR) is 76.2 cm³/mol. The van der Waals surface area contributed by atoms with E-state index < -0.39 is 11.8 Å². The number of benzene rings is 1. The van der Waals surface area contributed by atoms with E-state index in [-0.39, 0.29) is 21.7 Å². The molecule has 6 heteroatoms. The summed E-state index contributed by atoms with van der Waals surface area (Å²) < 4.78 is 0. The molecule has 19 heavy (non-hydrogen) atoms. The van der Waals surface area contributed by atoms with Gasteiger partial charge in [-0.3, -0.25) is 14.5 Å². The minimum atomic E-state index is -0.498. The Hall–Kier alpha value is -1.03. The van der Waals surface area contributed by atoms with Crippen LogP contribution in [0.1, 0.15) is 19.4 Å². The number of rotatable bonds is 2. The predicted octanol–water partition coefficient (Wildman–Crippen LogP) is 3.72. The van der Waals surface area contributed by atoms with Crippen molar-refractivity contribution in [1.29, 1.82) is 0 Å². The average molecular weight is 319 g/mol. The first-order valence-electron chi connectivity index (χ1n) is 5.57. The number of halogens is 3. The largest absolute Gasteiger partial charge is 0.273 e. The number of nitrogens with zero attached hydrogens (tertiary/aromatic N) is 1. The standard InChI is InChI=1S/C13H10Cl3NO2/c1-6(2)17-12(18)10(11(16)13(17)19)8-4-3-7(14)5-9(8)15/h3-6H,1-2H3. The zero-order chi connectivity index (χ0) is 14.3. The quantitative estimate of drug-likeness (QED) is 0.779. The Morgan fingerprint density at radius 2 is 1.68 bits per heavy atom. The fourth-order valence-corrected chi connectivity index (χ4v) is 2.69. The van der Waals surface area contributed by atoms with E-state index in [9.17, 15) is 9.59 Å². The molecule has 0 saturated carbocycles. The van der Waals surface area contributed by atoms with Gasteiger partial charge in [-0.2, -0.15) is 0 Å². The Labute approximate surface area is 125 Å². The second kappa shape index (κ2) is 5.16. The van der Waals surface area contributed by atoms with Gasteiger partial charge >= 0.3 is 0 Å². The first-order chi connectivity index (χ1) is 8.84. The molecule has 1 aliphatic heterocycles. The third kappa shape index (κ3) is 2.38. The Morgan fingerprint density at radius 3 is 2.16 bits per heavy atom. The molecule has 2 amide bonds. The molecule has 0 bridgehead atoms. The number of hydrogen-bond donors (Lipinski definition) is 0. The van der Waals surface area contributed by atoms with Gasteiger partial charge in [0.1, 0.15) is 5.03 Å². The normalized spacial score (nSPS) is 16.0. The van der Waals surface area contributed by atoms with Crippen molar-refractivity contribution in [2.24, 2.45) is 0 Å². The average Bonchev–Trinajstić information content (AvgIpc) is 2.52. The summed E-state index contributed by atoms with van der Waals surface area (Å²) >= 11 is 17.8. The lowest BCUT2D eigenvalue weighted by molar-refractivity contribution is -0.138. The highest BCUT2D eigenvalue weighted by Crippen LogP contribution is 2.36.